The molecule has 0 amide bonds. The monoisotopic (exact) mass is 256 g/mol. The van der Waals surface area contributed by atoms with Crippen molar-refractivity contribution in [2.45, 2.75) is 19.0 Å². The minimum absolute atomic E-state index is 0.223. The van der Waals surface area contributed by atoms with Crippen LogP contribution in [0.1, 0.15) is 24.3 Å². The van der Waals surface area contributed by atoms with E-state index in [-0.39, 0.29) is 6.04 Å². The lowest BCUT2D eigenvalue weighted by atomic mass is 10.0. The number of rotatable bonds is 3. The molecule has 1 fully saturated rings. The van der Waals surface area contributed by atoms with E-state index in [9.17, 15) is 0 Å². The largest absolute Gasteiger partial charge is 0.467 e. The second-order valence-corrected chi connectivity index (χ2v) is 5.18. The zero-order valence-corrected chi connectivity index (χ0v) is 11.3. The van der Waals surface area contributed by atoms with Crippen LogP contribution < -0.4 is 5.32 Å². The summed E-state index contributed by atoms with van der Waals surface area (Å²) in [4.78, 5) is 2.50. The van der Waals surface area contributed by atoms with Gasteiger partial charge < -0.3 is 9.73 Å². The molecular formula is C16H20N2O. The Hall–Kier alpha value is -1.58. The predicted molar refractivity (Wildman–Crippen MR) is 76.0 cm³/mol. The number of furan rings is 1. The summed E-state index contributed by atoms with van der Waals surface area (Å²) in [7, 11) is 0. The number of hydrogen-bond donors (Lipinski definition) is 1. The van der Waals surface area contributed by atoms with Crippen molar-refractivity contribution in [1.29, 1.82) is 0 Å². The molecule has 1 aliphatic heterocycles. The van der Waals surface area contributed by atoms with Gasteiger partial charge in [-0.15, -0.1) is 0 Å². The first-order valence-electron chi connectivity index (χ1n) is 6.90. The van der Waals surface area contributed by atoms with Gasteiger partial charge in [0.15, 0.2) is 0 Å². The normalized spacial score (nSPS) is 22.3. The summed E-state index contributed by atoms with van der Waals surface area (Å²) >= 11 is 0. The number of benzene rings is 1. The van der Waals surface area contributed by atoms with Crippen LogP contribution in [0.15, 0.2) is 53.1 Å². The van der Waals surface area contributed by atoms with Gasteiger partial charge in [0.2, 0.25) is 0 Å². The Labute approximate surface area is 114 Å². The standard InChI is InChI=1S/C16H20N2O/c1-13-12-18(10-9-17-13)16(15-8-5-11-19-15)14-6-3-2-4-7-14/h2-8,11,13,16-17H,9-10,12H2,1H3. The molecule has 0 aliphatic carbocycles. The van der Waals surface area contributed by atoms with Gasteiger partial charge in [0, 0.05) is 25.7 Å². The van der Waals surface area contributed by atoms with Crippen LogP contribution in [-0.2, 0) is 0 Å². The molecule has 19 heavy (non-hydrogen) atoms. The molecule has 2 atom stereocenters. The van der Waals surface area contributed by atoms with Crippen LogP contribution in [0.2, 0.25) is 0 Å². The third kappa shape index (κ3) is 2.72. The van der Waals surface area contributed by atoms with Crippen LogP contribution in [0.4, 0.5) is 0 Å². The molecule has 2 heterocycles. The molecule has 2 aromatic rings. The van der Waals surface area contributed by atoms with Crippen LogP contribution in [0.5, 0.6) is 0 Å². The fraction of sp³-hybridized carbons (Fsp3) is 0.375. The molecule has 3 nitrogen and oxygen atoms in total. The van der Waals surface area contributed by atoms with Crippen LogP contribution in [0.3, 0.4) is 0 Å². The highest BCUT2D eigenvalue weighted by Crippen LogP contribution is 2.29. The van der Waals surface area contributed by atoms with E-state index in [0.717, 1.165) is 25.4 Å². The molecule has 3 rings (SSSR count). The third-order valence-corrected chi connectivity index (χ3v) is 3.69. The lowest BCUT2D eigenvalue weighted by Crippen LogP contribution is -2.50. The highest BCUT2D eigenvalue weighted by Gasteiger charge is 2.27. The molecule has 1 aromatic heterocycles. The van der Waals surface area contributed by atoms with E-state index in [0.29, 0.717) is 6.04 Å². The molecule has 0 radical (unpaired) electrons. The minimum Gasteiger partial charge on any atom is -0.467 e. The highest BCUT2D eigenvalue weighted by atomic mass is 16.3. The van der Waals surface area contributed by atoms with Crippen LogP contribution in [0, 0.1) is 0 Å². The first kappa shape index (κ1) is 12.5. The maximum atomic E-state index is 5.68. The van der Waals surface area contributed by atoms with Gasteiger partial charge in [-0.05, 0) is 24.6 Å². The summed E-state index contributed by atoms with van der Waals surface area (Å²) in [6, 6.07) is 15.4. The zero-order chi connectivity index (χ0) is 13.1. The van der Waals surface area contributed by atoms with Crippen molar-refractivity contribution in [3.05, 3.63) is 60.1 Å². The molecule has 1 saturated heterocycles. The average molecular weight is 256 g/mol. The maximum Gasteiger partial charge on any atom is 0.125 e. The predicted octanol–water partition coefficient (Wildman–Crippen LogP) is 2.66. The van der Waals surface area contributed by atoms with E-state index >= 15 is 0 Å². The lowest BCUT2D eigenvalue weighted by Gasteiger charge is -2.37. The Morgan fingerprint density at radius 3 is 2.74 bits per heavy atom. The van der Waals surface area contributed by atoms with Crippen molar-refractivity contribution in [3.8, 4) is 0 Å². The molecule has 2 unspecified atom stereocenters. The van der Waals surface area contributed by atoms with Crippen LogP contribution >= 0.6 is 0 Å². The summed E-state index contributed by atoms with van der Waals surface area (Å²) in [6.45, 7) is 5.35. The summed E-state index contributed by atoms with van der Waals surface area (Å²) in [5, 5.41) is 3.49. The Morgan fingerprint density at radius 2 is 2.05 bits per heavy atom. The van der Waals surface area contributed by atoms with Gasteiger partial charge in [0.05, 0.1) is 12.3 Å². The van der Waals surface area contributed by atoms with Gasteiger partial charge in [0.1, 0.15) is 5.76 Å². The molecule has 0 bridgehead atoms. The van der Waals surface area contributed by atoms with Crippen molar-refractivity contribution < 1.29 is 4.42 Å². The van der Waals surface area contributed by atoms with Gasteiger partial charge in [-0.25, -0.2) is 0 Å². The number of hydrogen-bond acceptors (Lipinski definition) is 3. The number of piperazine rings is 1. The smallest absolute Gasteiger partial charge is 0.125 e. The van der Waals surface area contributed by atoms with Gasteiger partial charge >= 0.3 is 0 Å². The second-order valence-electron chi connectivity index (χ2n) is 5.18. The van der Waals surface area contributed by atoms with E-state index < -0.39 is 0 Å². The van der Waals surface area contributed by atoms with Gasteiger partial charge in [-0.2, -0.15) is 0 Å². The Kier molecular flexibility index (Phi) is 3.67. The summed E-state index contributed by atoms with van der Waals surface area (Å²) in [5.41, 5.74) is 1.30. The van der Waals surface area contributed by atoms with Crippen molar-refractivity contribution >= 4 is 0 Å². The number of nitrogens with zero attached hydrogens (tertiary/aromatic N) is 1. The van der Waals surface area contributed by atoms with E-state index in [4.69, 9.17) is 4.42 Å². The fourth-order valence-corrected chi connectivity index (χ4v) is 2.83. The van der Waals surface area contributed by atoms with E-state index in [1.54, 1.807) is 6.26 Å². The second kappa shape index (κ2) is 5.59. The molecular weight excluding hydrogens is 236 g/mol. The quantitative estimate of drug-likeness (QED) is 0.915. The van der Waals surface area contributed by atoms with Crippen molar-refractivity contribution in [2.75, 3.05) is 19.6 Å². The Morgan fingerprint density at radius 1 is 1.21 bits per heavy atom. The topological polar surface area (TPSA) is 28.4 Å². The number of nitrogens with one attached hydrogen (secondary N) is 1. The third-order valence-electron chi connectivity index (χ3n) is 3.69. The molecule has 0 saturated carbocycles. The summed E-state index contributed by atoms with van der Waals surface area (Å²) in [6.07, 6.45) is 1.76. The zero-order valence-electron chi connectivity index (χ0n) is 11.3. The van der Waals surface area contributed by atoms with Gasteiger partial charge in [0.25, 0.3) is 0 Å². The molecule has 0 spiro atoms. The lowest BCUT2D eigenvalue weighted by molar-refractivity contribution is 0.155. The average Bonchev–Trinajstić information content (AvgIpc) is 2.94. The molecule has 1 N–H and O–H groups in total. The van der Waals surface area contributed by atoms with Crippen molar-refractivity contribution in [3.63, 3.8) is 0 Å². The Balaban J connectivity index is 1.93. The summed E-state index contributed by atoms with van der Waals surface area (Å²) < 4.78 is 5.68. The van der Waals surface area contributed by atoms with E-state index in [1.807, 2.05) is 6.07 Å². The molecule has 3 heteroatoms. The van der Waals surface area contributed by atoms with E-state index in [1.165, 1.54) is 5.56 Å². The molecule has 1 aliphatic rings. The van der Waals surface area contributed by atoms with Gasteiger partial charge in [-0.3, -0.25) is 4.90 Å². The molecule has 100 valence electrons. The molecule has 1 aromatic carbocycles. The SMILES string of the molecule is CC1CN(C(c2ccccc2)c2ccco2)CCN1. The van der Waals surface area contributed by atoms with Crippen molar-refractivity contribution in [1.82, 2.24) is 10.2 Å². The first-order chi connectivity index (χ1) is 9.34. The van der Waals surface area contributed by atoms with Crippen LogP contribution in [0.25, 0.3) is 0 Å². The van der Waals surface area contributed by atoms with Crippen LogP contribution in [-0.4, -0.2) is 30.6 Å². The fourth-order valence-electron chi connectivity index (χ4n) is 2.83. The van der Waals surface area contributed by atoms with E-state index in [2.05, 4.69) is 53.5 Å². The highest BCUT2D eigenvalue weighted by molar-refractivity contribution is 5.26. The van der Waals surface area contributed by atoms with Gasteiger partial charge in [-0.1, -0.05) is 30.3 Å². The summed E-state index contributed by atoms with van der Waals surface area (Å²) in [5.74, 6) is 1.03. The first-order valence-corrected chi connectivity index (χ1v) is 6.90. The maximum absolute atomic E-state index is 5.68. The Bertz CT molecular complexity index is 495. The minimum atomic E-state index is 0.223. The van der Waals surface area contributed by atoms with Crippen molar-refractivity contribution in [2.24, 2.45) is 0 Å².